The summed E-state index contributed by atoms with van der Waals surface area (Å²) in [5.41, 5.74) is 0.897. The number of carboxylic acid groups (broad SMARTS) is 1. The molecule has 1 saturated heterocycles. The third-order valence-electron chi connectivity index (χ3n) is 4.28. The second kappa shape index (κ2) is 7.94. The molecule has 120 valence electrons. The maximum Gasteiger partial charge on any atom is 0.326 e. The molecule has 2 rings (SSSR count). The smallest absolute Gasteiger partial charge is 0.326 e. The number of hydrogen-bond donors (Lipinski definition) is 2. The van der Waals surface area contributed by atoms with Crippen LogP contribution in [0.25, 0.3) is 0 Å². The zero-order valence-electron chi connectivity index (χ0n) is 12.8. The number of carbonyl (C=O) groups excluding carboxylic acids is 1. The third-order valence-corrected chi connectivity index (χ3v) is 4.28. The zero-order valence-corrected chi connectivity index (χ0v) is 12.8. The Kier molecular flexibility index (Phi) is 5.95. The predicted molar refractivity (Wildman–Crippen MR) is 82.4 cm³/mol. The van der Waals surface area contributed by atoms with E-state index in [4.69, 9.17) is 4.74 Å². The van der Waals surface area contributed by atoms with E-state index < -0.39 is 12.0 Å². The summed E-state index contributed by atoms with van der Waals surface area (Å²) in [5.74, 6) is -1.12. The van der Waals surface area contributed by atoms with E-state index in [1.54, 1.807) is 0 Å². The van der Waals surface area contributed by atoms with Crippen LogP contribution in [0.1, 0.15) is 25.3 Å². The highest BCUT2D eigenvalue weighted by molar-refractivity contribution is 5.85. The van der Waals surface area contributed by atoms with Gasteiger partial charge in [-0.2, -0.15) is 0 Å². The minimum absolute atomic E-state index is 0.185. The van der Waals surface area contributed by atoms with Crippen molar-refractivity contribution >= 4 is 11.9 Å². The molecule has 1 aromatic rings. The Morgan fingerprint density at radius 2 is 1.91 bits per heavy atom. The van der Waals surface area contributed by atoms with Gasteiger partial charge in [-0.1, -0.05) is 37.3 Å². The number of carbonyl (C=O) groups is 2. The van der Waals surface area contributed by atoms with Crippen LogP contribution in [0.3, 0.4) is 0 Å². The van der Waals surface area contributed by atoms with Gasteiger partial charge in [0.05, 0.1) is 0 Å². The molecule has 0 bridgehead atoms. The Hall–Kier alpha value is -1.88. The summed E-state index contributed by atoms with van der Waals surface area (Å²) in [6, 6.07) is 8.44. The summed E-state index contributed by atoms with van der Waals surface area (Å²) in [7, 11) is 0. The van der Waals surface area contributed by atoms with Crippen LogP contribution in [0.15, 0.2) is 30.3 Å². The van der Waals surface area contributed by atoms with Crippen molar-refractivity contribution in [3.63, 3.8) is 0 Å². The van der Waals surface area contributed by atoms with Gasteiger partial charge in [0.2, 0.25) is 5.91 Å². The summed E-state index contributed by atoms with van der Waals surface area (Å²) in [5, 5.41) is 12.0. The van der Waals surface area contributed by atoms with Gasteiger partial charge in [-0.15, -0.1) is 0 Å². The van der Waals surface area contributed by atoms with Gasteiger partial charge in [0.1, 0.15) is 6.04 Å². The topological polar surface area (TPSA) is 75.6 Å². The molecule has 0 saturated carbocycles. The second-order valence-electron chi connectivity index (χ2n) is 5.83. The molecule has 1 unspecified atom stereocenters. The number of ether oxygens (including phenoxy) is 1. The zero-order chi connectivity index (χ0) is 15.9. The molecule has 2 N–H and O–H groups in total. The Morgan fingerprint density at radius 3 is 2.50 bits per heavy atom. The molecule has 0 radical (unpaired) electrons. The third kappa shape index (κ3) is 4.56. The highest BCUT2D eigenvalue weighted by atomic mass is 16.5. The van der Waals surface area contributed by atoms with Crippen molar-refractivity contribution < 1.29 is 19.4 Å². The molecule has 5 nitrogen and oxygen atoms in total. The molecular formula is C17H23NO4. The molecule has 0 aromatic heterocycles. The first-order valence-corrected chi connectivity index (χ1v) is 7.72. The lowest BCUT2D eigenvalue weighted by atomic mass is 9.86. The van der Waals surface area contributed by atoms with Crippen LogP contribution < -0.4 is 5.32 Å². The van der Waals surface area contributed by atoms with Crippen LogP contribution in [0.4, 0.5) is 0 Å². The largest absolute Gasteiger partial charge is 0.480 e. The number of benzene rings is 1. The van der Waals surface area contributed by atoms with Gasteiger partial charge in [0.15, 0.2) is 0 Å². The number of hydrogen-bond acceptors (Lipinski definition) is 3. The van der Waals surface area contributed by atoms with E-state index in [-0.39, 0.29) is 17.7 Å². The first kappa shape index (κ1) is 16.5. The molecule has 2 atom stereocenters. The molecule has 1 aliphatic heterocycles. The monoisotopic (exact) mass is 305 g/mol. The van der Waals surface area contributed by atoms with Gasteiger partial charge in [-0.25, -0.2) is 4.79 Å². The number of aliphatic carboxylic acids is 1. The summed E-state index contributed by atoms with van der Waals surface area (Å²) in [6.45, 7) is 3.22. The van der Waals surface area contributed by atoms with E-state index in [2.05, 4.69) is 5.32 Å². The van der Waals surface area contributed by atoms with Crippen molar-refractivity contribution in [1.29, 1.82) is 0 Å². The van der Waals surface area contributed by atoms with E-state index >= 15 is 0 Å². The Morgan fingerprint density at radius 1 is 1.27 bits per heavy atom. The minimum Gasteiger partial charge on any atom is -0.480 e. The van der Waals surface area contributed by atoms with Crippen LogP contribution >= 0.6 is 0 Å². The maximum atomic E-state index is 12.3. The van der Waals surface area contributed by atoms with E-state index in [0.29, 0.717) is 19.6 Å². The lowest BCUT2D eigenvalue weighted by Gasteiger charge is -2.28. The average Bonchev–Trinajstić information content (AvgIpc) is 2.55. The van der Waals surface area contributed by atoms with Gasteiger partial charge in [-0.05, 0) is 24.3 Å². The SMILES string of the molecule is CC(C(=O)N[C@@H](Cc1ccccc1)C(=O)O)C1CCOCC1. The van der Waals surface area contributed by atoms with Gasteiger partial charge >= 0.3 is 5.97 Å². The number of nitrogens with one attached hydrogen (secondary N) is 1. The fourth-order valence-electron chi connectivity index (χ4n) is 2.78. The lowest BCUT2D eigenvalue weighted by Crippen LogP contribution is -2.46. The first-order chi connectivity index (χ1) is 10.6. The van der Waals surface area contributed by atoms with Crippen molar-refractivity contribution in [1.82, 2.24) is 5.32 Å². The van der Waals surface area contributed by atoms with Crippen molar-refractivity contribution in [2.75, 3.05) is 13.2 Å². The number of carboxylic acids is 1. The maximum absolute atomic E-state index is 12.3. The molecule has 22 heavy (non-hydrogen) atoms. The highest BCUT2D eigenvalue weighted by Crippen LogP contribution is 2.23. The first-order valence-electron chi connectivity index (χ1n) is 7.72. The standard InChI is InChI=1S/C17H23NO4/c1-12(14-7-9-22-10-8-14)16(19)18-15(17(20)21)11-13-5-3-2-4-6-13/h2-6,12,14-15H,7-11H2,1H3,(H,18,19)(H,20,21)/t12?,15-/m0/s1. The van der Waals surface area contributed by atoms with Crippen molar-refractivity contribution in [2.24, 2.45) is 11.8 Å². The quantitative estimate of drug-likeness (QED) is 0.841. The molecule has 1 fully saturated rings. The summed E-state index contributed by atoms with van der Waals surface area (Å²) in [4.78, 5) is 23.7. The van der Waals surface area contributed by atoms with Crippen molar-refractivity contribution in [2.45, 2.75) is 32.2 Å². The Bertz CT molecular complexity index is 497. The van der Waals surface area contributed by atoms with Crippen LogP contribution in [-0.2, 0) is 20.7 Å². The molecule has 1 aromatic carbocycles. The van der Waals surface area contributed by atoms with Crippen LogP contribution in [0, 0.1) is 11.8 Å². The molecule has 0 aliphatic carbocycles. The summed E-state index contributed by atoms with van der Waals surface area (Å²) < 4.78 is 5.30. The second-order valence-corrected chi connectivity index (χ2v) is 5.83. The number of amides is 1. The highest BCUT2D eigenvalue weighted by Gasteiger charge is 2.29. The Labute approximate surface area is 130 Å². The fourth-order valence-corrected chi connectivity index (χ4v) is 2.78. The van der Waals surface area contributed by atoms with Gasteiger partial charge in [-0.3, -0.25) is 4.79 Å². The predicted octanol–water partition coefficient (Wildman–Crippen LogP) is 1.86. The fraction of sp³-hybridized carbons (Fsp3) is 0.529. The van der Waals surface area contributed by atoms with Crippen molar-refractivity contribution in [3.05, 3.63) is 35.9 Å². The molecule has 1 amide bonds. The van der Waals surface area contributed by atoms with E-state index in [1.807, 2.05) is 37.3 Å². The molecule has 0 spiro atoms. The van der Waals surface area contributed by atoms with Gasteiger partial charge in [0, 0.05) is 25.6 Å². The molecule has 1 heterocycles. The lowest BCUT2D eigenvalue weighted by molar-refractivity contribution is -0.142. The van der Waals surface area contributed by atoms with E-state index in [0.717, 1.165) is 18.4 Å². The van der Waals surface area contributed by atoms with Gasteiger partial charge in [0.25, 0.3) is 0 Å². The molecular weight excluding hydrogens is 282 g/mol. The molecule has 5 heteroatoms. The van der Waals surface area contributed by atoms with Gasteiger partial charge < -0.3 is 15.2 Å². The van der Waals surface area contributed by atoms with E-state index in [1.165, 1.54) is 0 Å². The van der Waals surface area contributed by atoms with Crippen LogP contribution in [-0.4, -0.2) is 36.2 Å². The minimum atomic E-state index is -1.00. The van der Waals surface area contributed by atoms with Crippen LogP contribution in [0.5, 0.6) is 0 Å². The van der Waals surface area contributed by atoms with Crippen molar-refractivity contribution in [3.8, 4) is 0 Å². The van der Waals surface area contributed by atoms with E-state index in [9.17, 15) is 14.7 Å². The summed E-state index contributed by atoms with van der Waals surface area (Å²) in [6.07, 6.45) is 2.00. The number of rotatable bonds is 6. The average molecular weight is 305 g/mol. The molecule has 1 aliphatic rings. The van der Waals surface area contributed by atoms with Crippen LogP contribution in [0.2, 0.25) is 0 Å². The normalized spacial score (nSPS) is 18.4. The Balaban J connectivity index is 1.95. The summed E-state index contributed by atoms with van der Waals surface area (Å²) >= 11 is 0.